The predicted molar refractivity (Wildman–Crippen MR) is 49.2 cm³/mol. The Morgan fingerprint density at radius 1 is 1.42 bits per heavy atom. The van der Waals surface area contributed by atoms with Crippen molar-refractivity contribution in [2.24, 2.45) is 0 Å². The standard InChI is InChI=1S/C9H18N2O/c1-2-3-9(12)8-11-6-4-10-5-7-11/h10H,2-8H2,1H3. The zero-order chi connectivity index (χ0) is 8.81. The maximum absolute atomic E-state index is 11.2. The highest BCUT2D eigenvalue weighted by Gasteiger charge is 2.12. The second kappa shape index (κ2) is 5.27. The molecule has 0 amide bonds. The van der Waals surface area contributed by atoms with Crippen LogP contribution in [-0.2, 0) is 4.79 Å². The fourth-order valence-corrected chi connectivity index (χ4v) is 1.48. The number of nitrogens with zero attached hydrogens (tertiary/aromatic N) is 1. The Morgan fingerprint density at radius 3 is 2.67 bits per heavy atom. The lowest BCUT2D eigenvalue weighted by atomic mass is 10.2. The van der Waals surface area contributed by atoms with E-state index in [9.17, 15) is 4.79 Å². The first-order valence-corrected chi connectivity index (χ1v) is 4.77. The number of ketones is 1. The molecule has 0 saturated carbocycles. The van der Waals surface area contributed by atoms with Gasteiger partial charge in [-0.15, -0.1) is 0 Å². The number of hydrogen-bond acceptors (Lipinski definition) is 3. The van der Waals surface area contributed by atoms with Crippen molar-refractivity contribution in [2.45, 2.75) is 19.8 Å². The van der Waals surface area contributed by atoms with E-state index in [1.807, 2.05) is 0 Å². The third kappa shape index (κ3) is 3.32. The van der Waals surface area contributed by atoms with E-state index in [0.717, 1.165) is 39.0 Å². The number of rotatable bonds is 4. The van der Waals surface area contributed by atoms with Crippen LogP contribution in [0.5, 0.6) is 0 Å². The molecule has 0 atom stereocenters. The van der Waals surface area contributed by atoms with Crippen LogP contribution >= 0.6 is 0 Å². The Kier molecular flexibility index (Phi) is 4.25. The van der Waals surface area contributed by atoms with Crippen LogP contribution in [0.15, 0.2) is 0 Å². The van der Waals surface area contributed by atoms with Gasteiger partial charge in [0.05, 0.1) is 6.54 Å². The Morgan fingerprint density at radius 2 is 2.08 bits per heavy atom. The van der Waals surface area contributed by atoms with Gasteiger partial charge in [-0.25, -0.2) is 0 Å². The highest BCUT2D eigenvalue weighted by atomic mass is 16.1. The van der Waals surface area contributed by atoms with Crippen LogP contribution in [0.2, 0.25) is 0 Å². The molecule has 1 fully saturated rings. The Balaban J connectivity index is 2.15. The van der Waals surface area contributed by atoms with Gasteiger partial charge in [-0.2, -0.15) is 0 Å². The summed E-state index contributed by atoms with van der Waals surface area (Å²) in [5, 5.41) is 3.27. The average Bonchev–Trinajstić information content (AvgIpc) is 2.06. The first-order chi connectivity index (χ1) is 5.83. The van der Waals surface area contributed by atoms with Crippen LogP contribution < -0.4 is 5.32 Å². The summed E-state index contributed by atoms with van der Waals surface area (Å²) in [6, 6.07) is 0. The van der Waals surface area contributed by atoms with Crippen molar-refractivity contribution in [3.63, 3.8) is 0 Å². The molecule has 1 N–H and O–H groups in total. The first-order valence-electron chi connectivity index (χ1n) is 4.77. The first kappa shape index (κ1) is 9.68. The second-order valence-corrected chi connectivity index (χ2v) is 3.31. The topological polar surface area (TPSA) is 32.3 Å². The molecule has 12 heavy (non-hydrogen) atoms. The Bertz CT molecular complexity index is 141. The lowest BCUT2D eigenvalue weighted by molar-refractivity contribution is -0.120. The van der Waals surface area contributed by atoms with E-state index in [1.54, 1.807) is 0 Å². The molecule has 1 rings (SSSR count). The monoisotopic (exact) mass is 170 g/mol. The summed E-state index contributed by atoms with van der Waals surface area (Å²) in [4.78, 5) is 13.5. The van der Waals surface area contributed by atoms with Gasteiger partial charge < -0.3 is 5.32 Å². The molecule has 3 heteroatoms. The van der Waals surface area contributed by atoms with Crippen molar-refractivity contribution in [1.29, 1.82) is 0 Å². The number of piperazine rings is 1. The minimum atomic E-state index is 0.388. The van der Waals surface area contributed by atoms with Gasteiger partial charge in [-0.1, -0.05) is 6.92 Å². The molecule has 1 saturated heterocycles. The molecule has 1 aliphatic rings. The molecule has 3 nitrogen and oxygen atoms in total. The minimum Gasteiger partial charge on any atom is -0.314 e. The minimum absolute atomic E-state index is 0.388. The summed E-state index contributed by atoms with van der Waals surface area (Å²) >= 11 is 0. The van der Waals surface area contributed by atoms with Crippen molar-refractivity contribution < 1.29 is 4.79 Å². The van der Waals surface area contributed by atoms with Gasteiger partial charge in [-0.05, 0) is 6.42 Å². The van der Waals surface area contributed by atoms with Crippen LogP contribution in [0.3, 0.4) is 0 Å². The van der Waals surface area contributed by atoms with Gasteiger partial charge in [0, 0.05) is 32.6 Å². The van der Waals surface area contributed by atoms with Crippen molar-refractivity contribution in [3.05, 3.63) is 0 Å². The number of carbonyl (C=O) groups excluding carboxylic acids is 1. The van der Waals surface area contributed by atoms with Crippen molar-refractivity contribution in [3.8, 4) is 0 Å². The molecular weight excluding hydrogens is 152 g/mol. The van der Waals surface area contributed by atoms with E-state index < -0.39 is 0 Å². The second-order valence-electron chi connectivity index (χ2n) is 3.31. The van der Waals surface area contributed by atoms with E-state index in [4.69, 9.17) is 0 Å². The van der Waals surface area contributed by atoms with Crippen LogP contribution in [0.25, 0.3) is 0 Å². The highest BCUT2D eigenvalue weighted by molar-refractivity contribution is 5.80. The fourth-order valence-electron chi connectivity index (χ4n) is 1.48. The molecule has 1 heterocycles. The summed E-state index contributed by atoms with van der Waals surface area (Å²) in [6.45, 7) is 6.81. The quantitative estimate of drug-likeness (QED) is 0.657. The van der Waals surface area contributed by atoms with Crippen molar-refractivity contribution in [2.75, 3.05) is 32.7 Å². The largest absolute Gasteiger partial charge is 0.314 e. The van der Waals surface area contributed by atoms with E-state index in [-0.39, 0.29) is 0 Å². The van der Waals surface area contributed by atoms with Crippen molar-refractivity contribution >= 4 is 5.78 Å². The number of Topliss-reactive ketones (excluding diaryl/α,β-unsaturated/α-hetero) is 1. The number of carbonyl (C=O) groups is 1. The van der Waals surface area contributed by atoms with Crippen LogP contribution in [0.1, 0.15) is 19.8 Å². The summed E-state index contributed by atoms with van der Waals surface area (Å²) in [5.74, 6) is 0.388. The van der Waals surface area contributed by atoms with Gasteiger partial charge >= 0.3 is 0 Å². The lowest BCUT2D eigenvalue weighted by Gasteiger charge is -2.26. The highest BCUT2D eigenvalue weighted by Crippen LogP contribution is 1.96. The molecule has 0 unspecified atom stereocenters. The third-order valence-electron chi connectivity index (χ3n) is 2.14. The zero-order valence-electron chi connectivity index (χ0n) is 7.81. The normalized spacial score (nSPS) is 19.4. The molecule has 0 spiro atoms. The molecule has 1 aliphatic heterocycles. The van der Waals surface area contributed by atoms with Crippen molar-refractivity contribution in [1.82, 2.24) is 10.2 Å². The maximum atomic E-state index is 11.2. The number of hydrogen-bond donors (Lipinski definition) is 1. The molecule has 0 aliphatic carbocycles. The molecule has 0 bridgehead atoms. The maximum Gasteiger partial charge on any atom is 0.146 e. The van der Waals surface area contributed by atoms with Gasteiger partial charge in [0.2, 0.25) is 0 Å². The number of nitrogens with one attached hydrogen (secondary N) is 1. The van der Waals surface area contributed by atoms with E-state index in [2.05, 4.69) is 17.1 Å². The molecular formula is C9H18N2O. The summed E-state index contributed by atoms with van der Waals surface area (Å²) in [5.41, 5.74) is 0. The van der Waals surface area contributed by atoms with E-state index in [1.165, 1.54) is 0 Å². The van der Waals surface area contributed by atoms with Crippen LogP contribution in [-0.4, -0.2) is 43.4 Å². The summed E-state index contributed by atoms with van der Waals surface area (Å²) in [7, 11) is 0. The van der Waals surface area contributed by atoms with Crippen LogP contribution in [0.4, 0.5) is 0 Å². The van der Waals surface area contributed by atoms with Gasteiger partial charge in [-0.3, -0.25) is 9.69 Å². The van der Waals surface area contributed by atoms with Gasteiger partial charge in [0.25, 0.3) is 0 Å². The predicted octanol–water partition coefficient (Wildman–Crippen LogP) is 0.261. The van der Waals surface area contributed by atoms with E-state index >= 15 is 0 Å². The SMILES string of the molecule is CCCC(=O)CN1CCNCC1. The molecule has 0 aromatic carbocycles. The third-order valence-corrected chi connectivity index (χ3v) is 2.14. The molecule has 0 aromatic heterocycles. The summed E-state index contributed by atoms with van der Waals surface area (Å²) < 4.78 is 0. The molecule has 0 aromatic rings. The zero-order valence-corrected chi connectivity index (χ0v) is 7.81. The average molecular weight is 170 g/mol. The smallest absolute Gasteiger partial charge is 0.146 e. The van der Waals surface area contributed by atoms with Gasteiger partial charge in [0.15, 0.2) is 0 Å². The van der Waals surface area contributed by atoms with Gasteiger partial charge in [0.1, 0.15) is 5.78 Å². The molecule has 70 valence electrons. The Labute approximate surface area is 74.1 Å². The summed E-state index contributed by atoms with van der Waals surface area (Å²) in [6.07, 6.45) is 1.72. The lowest BCUT2D eigenvalue weighted by Crippen LogP contribution is -2.45. The van der Waals surface area contributed by atoms with E-state index in [0.29, 0.717) is 12.3 Å². The van der Waals surface area contributed by atoms with Crippen LogP contribution in [0, 0.1) is 0 Å². The fraction of sp³-hybridized carbons (Fsp3) is 0.889. The molecule has 0 radical (unpaired) electrons. The Hall–Kier alpha value is -0.410.